The lowest BCUT2D eigenvalue weighted by molar-refractivity contribution is 0.920. The van der Waals surface area contributed by atoms with Gasteiger partial charge in [0.25, 0.3) is 0 Å². The fourth-order valence-corrected chi connectivity index (χ4v) is 1.96. The van der Waals surface area contributed by atoms with Crippen molar-refractivity contribution in [2.45, 2.75) is 6.54 Å². The summed E-state index contributed by atoms with van der Waals surface area (Å²) in [6, 6.07) is 12.2. The number of aromatic nitrogens is 1. The van der Waals surface area contributed by atoms with Crippen LogP contribution in [0.5, 0.6) is 0 Å². The number of nitrogens with zero attached hydrogens (tertiary/aromatic N) is 2. The van der Waals surface area contributed by atoms with Crippen LogP contribution in [0.4, 0.5) is 11.5 Å². The smallest absolute Gasteiger partial charge is 0.141 e. The van der Waals surface area contributed by atoms with Crippen molar-refractivity contribution < 1.29 is 0 Å². The fraction of sp³-hybridized carbons (Fsp3) is 0.154. The van der Waals surface area contributed by atoms with Crippen molar-refractivity contribution in [3.63, 3.8) is 0 Å². The molecule has 1 aromatic heterocycles. The number of rotatable bonds is 4. The molecule has 0 atom stereocenters. The fourth-order valence-electron chi connectivity index (χ4n) is 1.69. The summed E-state index contributed by atoms with van der Waals surface area (Å²) in [4.78, 5) is 6.23. The Morgan fingerprint density at radius 2 is 2.00 bits per heavy atom. The van der Waals surface area contributed by atoms with Gasteiger partial charge in [-0.15, -0.1) is 0 Å². The molecule has 0 aliphatic heterocycles. The summed E-state index contributed by atoms with van der Waals surface area (Å²) in [6.45, 7) is 0.835. The van der Waals surface area contributed by atoms with E-state index in [1.165, 1.54) is 5.56 Å². The summed E-state index contributed by atoms with van der Waals surface area (Å²) < 4.78 is 1.09. The van der Waals surface area contributed by atoms with E-state index in [0.717, 1.165) is 16.7 Å². The summed E-state index contributed by atoms with van der Waals surface area (Å²) in [5, 5.41) is 0. The topological polar surface area (TPSA) is 54.2 Å². The molecule has 5 heteroatoms. The Balaban J connectivity index is 2.11. The van der Waals surface area contributed by atoms with Crippen LogP contribution in [0, 0.1) is 0 Å². The summed E-state index contributed by atoms with van der Waals surface area (Å²) in [6.07, 6.45) is 1.74. The van der Waals surface area contributed by atoms with Gasteiger partial charge in [0.2, 0.25) is 0 Å². The van der Waals surface area contributed by atoms with Crippen LogP contribution in [-0.2, 0) is 6.54 Å². The molecule has 2 rings (SSSR count). The minimum Gasteiger partial charge on any atom is -0.370 e. The Kier molecular flexibility index (Phi) is 4.17. The second kappa shape index (κ2) is 5.84. The molecule has 0 saturated carbocycles. The predicted octanol–water partition coefficient (Wildman–Crippen LogP) is 2.77. The average Bonchev–Trinajstić information content (AvgIpc) is 2.41. The number of nitrogens with two attached hydrogens (primary N) is 1. The lowest BCUT2D eigenvalue weighted by Gasteiger charge is -2.19. The Hall–Kier alpha value is -1.59. The van der Waals surface area contributed by atoms with Gasteiger partial charge < -0.3 is 10.3 Å². The molecule has 3 N–H and O–H groups in total. The molecule has 0 aliphatic carbocycles. The number of hydrogen-bond acceptors (Lipinski definition) is 4. The van der Waals surface area contributed by atoms with Crippen LogP contribution in [0.2, 0.25) is 0 Å². The maximum absolute atomic E-state index is 5.35. The highest BCUT2D eigenvalue weighted by Gasteiger charge is 2.03. The van der Waals surface area contributed by atoms with Gasteiger partial charge in [0, 0.05) is 36.0 Å². The van der Waals surface area contributed by atoms with E-state index in [9.17, 15) is 0 Å². The lowest BCUT2D eigenvalue weighted by Crippen LogP contribution is -2.17. The van der Waals surface area contributed by atoms with Crippen molar-refractivity contribution >= 4 is 27.4 Å². The molecule has 4 nitrogen and oxygen atoms in total. The average molecular weight is 307 g/mol. The highest BCUT2D eigenvalue weighted by Crippen LogP contribution is 2.18. The summed E-state index contributed by atoms with van der Waals surface area (Å²) in [5.41, 5.74) is 4.87. The molecule has 0 radical (unpaired) electrons. The van der Waals surface area contributed by atoms with E-state index in [2.05, 4.69) is 43.4 Å². The number of nitrogens with one attached hydrogen (secondary N) is 1. The van der Waals surface area contributed by atoms with E-state index in [1.807, 2.05) is 31.3 Å². The van der Waals surface area contributed by atoms with Gasteiger partial charge in [0.1, 0.15) is 5.82 Å². The largest absolute Gasteiger partial charge is 0.370 e. The van der Waals surface area contributed by atoms with Crippen molar-refractivity contribution in [1.29, 1.82) is 0 Å². The number of hydrazine groups is 1. The van der Waals surface area contributed by atoms with Gasteiger partial charge in [-0.05, 0) is 23.8 Å². The van der Waals surface area contributed by atoms with Crippen LogP contribution < -0.4 is 16.2 Å². The zero-order valence-electron chi connectivity index (χ0n) is 10.1. The lowest BCUT2D eigenvalue weighted by atomic mass is 10.2. The maximum atomic E-state index is 5.35. The zero-order valence-corrected chi connectivity index (χ0v) is 11.7. The van der Waals surface area contributed by atoms with E-state index in [-0.39, 0.29) is 0 Å². The Labute approximate surface area is 115 Å². The molecule has 1 heterocycles. The van der Waals surface area contributed by atoms with E-state index in [1.54, 1.807) is 6.20 Å². The van der Waals surface area contributed by atoms with Crippen LogP contribution in [0.25, 0.3) is 0 Å². The second-order valence-electron chi connectivity index (χ2n) is 4.03. The Bertz CT molecular complexity index is 513. The molecule has 0 spiro atoms. The third kappa shape index (κ3) is 3.21. The SMILES string of the molecule is CN(Cc1ccc(Br)cc1)c1ccnc(NN)c1. The standard InChI is InChI=1S/C13H15BrN4/c1-18(9-10-2-4-11(14)5-3-10)12-6-7-16-13(8-12)17-15/h2-8H,9,15H2,1H3,(H,16,17). The number of pyridine rings is 1. The molecule has 0 aliphatic rings. The molecule has 94 valence electrons. The number of hydrogen-bond donors (Lipinski definition) is 2. The van der Waals surface area contributed by atoms with Gasteiger partial charge in [-0.2, -0.15) is 0 Å². The first-order valence-electron chi connectivity index (χ1n) is 5.57. The summed E-state index contributed by atoms with van der Waals surface area (Å²) in [5.74, 6) is 6.01. The molecule has 1 aromatic carbocycles. The van der Waals surface area contributed by atoms with Gasteiger partial charge in [0.15, 0.2) is 0 Å². The monoisotopic (exact) mass is 306 g/mol. The zero-order chi connectivity index (χ0) is 13.0. The van der Waals surface area contributed by atoms with Gasteiger partial charge in [0.05, 0.1) is 0 Å². The third-order valence-corrected chi connectivity index (χ3v) is 3.19. The number of nitrogen functional groups attached to an aromatic ring is 1. The minimum absolute atomic E-state index is 0.662. The van der Waals surface area contributed by atoms with E-state index < -0.39 is 0 Å². The predicted molar refractivity (Wildman–Crippen MR) is 78.3 cm³/mol. The third-order valence-electron chi connectivity index (χ3n) is 2.67. The van der Waals surface area contributed by atoms with Crippen molar-refractivity contribution in [3.8, 4) is 0 Å². The molecule has 18 heavy (non-hydrogen) atoms. The molecular weight excluding hydrogens is 292 g/mol. The molecule has 0 amide bonds. The highest BCUT2D eigenvalue weighted by atomic mass is 79.9. The molecule has 0 saturated heterocycles. The molecule has 2 aromatic rings. The number of halogens is 1. The van der Waals surface area contributed by atoms with Gasteiger partial charge in [-0.25, -0.2) is 10.8 Å². The highest BCUT2D eigenvalue weighted by molar-refractivity contribution is 9.10. The van der Waals surface area contributed by atoms with Crippen LogP contribution >= 0.6 is 15.9 Å². The van der Waals surface area contributed by atoms with E-state index in [0.29, 0.717) is 5.82 Å². The minimum atomic E-state index is 0.662. The van der Waals surface area contributed by atoms with Crippen molar-refractivity contribution in [2.24, 2.45) is 5.84 Å². The Morgan fingerprint density at radius 3 is 2.67 bits per heavy atom. The first-order chi connectivity index (χ1) is 8.69. The van der Waals surface area contributed by atoms with E-state index in [4.69, 9.17) is 5.84 Å². The molecular formula is C13H15BrN4. The maximum Gasteiger partial charge on any atom is 0.141 e. The van der Waals surface area contributed by atoms with Crippen LogP contribution in [0.3, 0.4) is 0 Å². The van der Waals surface area contributed by atoms with Crippen molar-refractivity contribution in [1.82, 2.24) is 4.98 Å². The normalized spacial score (nSPS) is 10.2. The van der Waals surface area contributed by atoms with Crippen LogP contribution in [-0.4, -0.2) is 12.0 Å². The van der Waals surface area contributed by atoms with Crippen LogP contribution in [0.15, 0.2) is 47.1 Å². The second-order valence-corrected chi connectivity index (χ2v) is 4.94. The van der Waals surface area contributed by atoms with Crippen molar-refractivity contribution in [2.75, 3.05) is 17.4 Å². The van der Waals surface area contributed by atoms with Crippen molar-refractivity contribution in [3.05, 3.63) is 52.6 Å². The molecule has 0 fully saturated rings. The number of benzene rings is 1. The van der Waals surface area contributed by atoms with Gasteiger partial charge in [-0.1, -0.05) is 28.1 Å². The summed E-state index contributed by atoms with van der Waals surface area (Å²) >= 11 is 3.43. The molecule has 0 bridgehead atoms. The number of anilines is 2. The first-order valence-corrected chi connectivity index (χ1v) is 6.36. The summed E-state index contributed by atoms with van der Waals surface area (Å²) in [7, 11) is 2.04. The quantitative estimate of drug-likeness (QED) is 0.674. The van der Waals surface area contributed by atoms with E-state index >= 15 is 0 Å². The van der Waals surface area contributed by atoms with Gasteiger partial charge >= 0.3 is 0 Å². The Morgan fingerprint density at radius 1 is 1.28 bits per heavy atom. The first kappa shape index (κ1) is 12.9. The molecule has 0 unspecified atom stereocenters. The van der Waals surface area contributed by atoms with Crippen LogP contribution in [0.1, 0.15) is 5.56 Å². The van der Waals surface area contributed by atoms with Gasteiger partial charge in [-0.3, -0.25) is 0 Å².